The third-order valence-corrected chi connectivity index (χ3v) is 3.06. The Bertz CT molecular complexity index is 319. The summed E-state index contributed by atoms with van der Waals surface area (Å²) in [4.78, 5) is 4.12. The third kappa shape index (κ3) is 3.21. The van der Waals surface area contributed by atoms with Crippen LogP contribution < -0.4 is 0 Å². The van der Waals surface area contributed by atoms with Crippen LogP contribution in [0.4, 0.5) is 0 Å². The van der Waals surface area contributed by atoms with Crippen LogP contribution in [0.2, 0.25) is 5.02 Å². The fourth-order valence-corrected chi connectivity index (χ4v) is 2.12. The summed E-state index contributed by atoms with van der Waals surface area (Å²) in [6, 6.07) is 0. The molecule has 0 amide bonds. The van der Waals surface area contributed by atoms with Crippen molar-refractivity contribution in [3.05, 3.63) is 28.5 Å². The van der Waals surface area contributed by atoms with E-state index < -0.39 is 0 Å². The number of rotatable bonds is 0. The van der Waals surface area contributed by atoms with E-state index in [-0.39, 0.29) is 5.41 Å². The van der Waals surface area contributed by atoms with Gasteiger partial charge in [-0.25, -0.2) is 0 Å². The van der Waals surface area contributed by atoms with E-state index in [9.17, 15) is 0 Å². The molecule has 0 bridgehead atoms. The highest BCUT2D eigenvalue weighted by Gasteiger charge is 2.31. The van der Waals surface area contributed by atoms with Crippen LogP contribution in [0.3, 0.4) is 0 Å². The zero-order chi connectivity index (χ0) is 12.8. The van der Waals surface area contributed by atoms with Crippen molar-refractivity contribution in [2.45, 2.75) is 59.8 Å². The number of nitrogens with zero attached hydrogens (tertiary/aromatic N) is 1. The van der Waals surface area contributed by atoms with Crippen LogP contribution in [0, 0.1) is 0 Å². The lowest BCUT2D eigenvalue weighted by Gasteiger charge is -2.17. The molecular weight excluding hydrogens is 218 g/mol. The van der Waals surface area contributed by atoms with Crippen LogP contribution in [0.25, 0.3) is 0 Å². The molecule has 1 aromatic rings. The van der Waals surface area contributed by atoms with Crippen molar-refractivity contribution in [2.24, 2.45) is 0 Å². The minimum absolute atomic E-state index is 0.271. The molecule has 1 aromatic heterocycles. The summed E-state index contributed by atoms with van der Waals surface area (Å²) < 4.78 is 0. The van der Waals surface area contributed by atoms with Gasteiger partial charge in [0.2, 0.25) is 0 Å². The maximum atomic E-state index is 6.03. The highest BCUT2D eigenvalue weighted by Crippen LogP contribution is 2.40. The average Bonchev–Trinajstić information content (AvgIpc) is 2.62. The Kier molecular flexibility index (Phi) is 6.66. The van der Waals surface area contributed by atoms with Gasteiger partial charge in [-0.2, -0.15) is 0 Å². The van der Waals surface area contributed by atoms with Crippen LogP contribution in [0.15, 0.2) is 12.4 Å². The van der Waals surface area contributed by atoms with E-state index in [0.717, 1.165) is 11.4 Å². The highest BCUT2D eigenvalue weighted by atomic mass is 35.5. The Morgan fingerprint density at radius 2 is 1.69 bits per heavy atom. The number of halogens is 1. The average molecular weight is 242 g/mol. The molecule has 2 heteroatoms. The minimum atomic E-state index is 0.271. The molecule has 1 aliphatic rings. The first kappa shape index (κ1) is 15.4. The number of hydrogen-bond donors (Lipinski definition) is 0. The van der Waals surface area contributed by atoms with Crippen molar-refractivity contribution in [1.29, 1.82) is 0 Å². The second-order valence-corrected chi connectivity index (χ2v) is 4.44. The van der Waals surface area contributed by atoms with Crippen LogP contribution in [-0.4, -0.2) is 4.98 Å². The molecule has 1 heterocycles. The summed E-state index contributed by atoms with van der Waals surface area (Å²) in [7, 11) is 0. The predicted octanol–water partition coefficient (Wildman–Crippen LogP) is 5.01. The first-order valence-corrected chi connectivity index (χ1v) is 6.62. The molecule has 0 saturated heterocycles. The number of pyridine rings is 1. The molecule has 0 atom stereocenters. The van der Waals surface area contributed by atoms with Gasteiger partial charge in [-0.3, -0.25) is 4.98 Å². The first-order valence-electron chi connectivity index (χ1n) is 6.24. The molecule has 0 spiro atoms. The van der Waals surface area contributed by atoms with E-state index in [1.54, 1.807) is 6.20 Å². The van der Waals surface area contributed by atoms with Gasteiger partial charge in [0.05, 0.1) is 5.02 Å². The van der Waals surface area contributed by atoms with Gasteiger partial charge in [-0.05, 0) is 29.4 Å². The fraction of sp³-hybridized carbons (Fsp3) is 0.643. The lowest BCUT2D eigenvalue weighted by Crippen LogP contribution is -2.11. The molecule has 1 nitrogen and oxygen atoms in total. The summed E-state index contributed by atoms with van der Waals surface area (Å²) >= 11 is 6.03. The summed E-state index contributed by atoms with van der Waals surface area (Å²) in [6.45, 7) is 12.5. The standard InChI is InChI=1S/C10H12ClN.2C2H6/c1-10(2)4-3-7-8(10)5-12-6-9(7)11;2*1-2/h5-6H,3-4H2,1-2H3;2*1-2H3. The van der Waals surface area contributed by atoms with Gasteiger partial charge in [0.25, 0.3) is 0 Å². The van der Waals surface area contributed by atoms with Crippen molar-refractivity contribution in [2.75, 3.05) is 0 Å². The van der Waals surface area contributed by atoms with Gasteiger partial charge in [0.15, 0.2) is 0 Å². The smallest absolute Gasteiger partial charge is 0.0624 e. The molecule has 0 aromatic carbocycles. The number of fused-ring (bicyclic) bond motifs is 1. The zero-order valence-electron chi connectivity index (χ0n) is 11.4. The van der Waals surface area contributed by atoms with Crippen LogP contribution in [0.1, 0.15) is 59.1 Å². The zero-order valence-corrected chi connectivity index (χ0v) is 12.2. The molecule has 0 unspecified atom stereocenters. The second-order valence-electron chi connectivity index (χ2n) is 4.03. The summed E-state index contributed by atoms with van der Waals surface area (Å²) in [6.07, 6.45) is 5.98. The molecular formula is C14H24ClN. The van der Waals surface area contributed by atoms with Gasteiger partial charge in [-0.1, -0.05) is 53.1 Å². The van der Waals surface area contributed by atoms with E-state index in [1.807, 2.05) is 33.9 Å². The van der Waals surface area contributed by atoms with Crippen molar-refractivity contribution >= 4 is 11.6 Å². The van der Waals surface area contributed by atoms with Gasteiger partial charge in [0, 0.05) is 12.4 Å². The Morgan fingerprint density at radius 1 is 1.12 bits per heavy atom. The molecule has 0 aliphatic heterocycles. The van der Waals surface area contributed by atoms with Gasteiger partial charge in [0.1, 0.15) is 0 Å². The molecule has 0 fully saturated rings. The third-order valence-electron chi connectivity index (χ3n) is 2.73. The lowest BCUT2D eigenvalue weighted by molar-refractivity contribution is 0.521. The lowest BCUT2D eigenvalue weighted by atomic mass is 9.88. The largest absolute Gasteiger partial charge is 0.263 e. The second kappa shape index (κ2) is 6.90. The van der Waals surface area contributed by atoms with E-state index >= 15 is 0 Å². The molecule has 92 valence electrons. The highest BCUT2D eigenvalue weighted by molar-refractivity contribution is 6.31. The Labute approximate surface area is 105 Å². The SMILES string of the molecule is CC.CC.CC1(C)CCc2c(Cl)cncc21. The molecule has 2 rings (SSSR count). The normalized spacial score (nSPS) is 15.2. The van der Waals surface area contributed by atoms with Crippen molar-refractivity contribution in [3.63, 3.8) is 0 Å². The minimum Gasteiger partial charge on any atom is -0.263 e. The van der Waals surface area contributed by atoms with Crippen LogP contribution in [-0.2, 0) is 11.8 Å². The van der Waals surface area contributed by atoms with Gasteiger partial charge in [-0.15, -0.1) is 0 Å². The first-order chi connectivity index (χ1) is 7.61. The summed E-state index contributed by atoms with van der Waals surface area (Å²) in [5.74, 6) is 0. The molecule has 1 aliphatic carbocycles. The predicted molar refractivity (Wildman–Crippen MR) is 73.3 cm³/mol. The van der Waals surface area contributed by atoms with Crippen molar-refractivity contribution in [1.82, 2.24) is 4.98 Å². The maximum absolute atomic E-state index is 6.03. The molecule has 0 saturated carbocycles. The van der Waals surface area contributed by atoms with E-state index in [2.05, 4.69) is 18.8 Å². The quantitative estimate of drug-likeness (QED) is 0.622. The van der Waals surface area contributed by atoms with Gasteiger partial charge < -0.3 is 0 Å². The summed E-state index contributed by atoms with van der Waals surface area (Å²) in [5, 5.41) is 0.832. The Morgan fingerprint density at radius 3 is 2.19 bits per heavy atom. The molecule has 0 radical (unpaired) electrons. The number of hydrogen-bond acceptors (Lipinski definition) is 1. The van der Waals surface area contributed by atoms with E-state index in [0.29, 0.717) is 0 Å². The van der Waals surface area contributed by atoms with Crippen LogP contribution >= 0.6 is 11.6 Å². The summed E-state index contributed by atoms with van der Waals surface area (Å²) in [5.41, 5.74) is 2.90. The van der Waals surface area contributed by atoms with E-state index in [1.165, 1.54) is 17.5 Å². The van der Waals surface area contributed by atoms with Crippen molar-refractivity contribution in [3.8, 4) is 0 Å². The topological polar surface area (TPSA) is 12.9 Å². The van der Waals surface area contributed by atoms with E-state index in [4.69, 9.17) is 11.6 Å². The molecule has 16 heavy (non-hydrogen) atoms. The maximum Gasteiger partial charge on any atom is 0.0624 e. The Hall–Kier alpha value is -0.560. The molecule has 0 N–H and O–H groups in total. The van der Waals surface area contributed by atoms with Gasteiger partial charge >= 0.3 is 0 Å². The van der Waals surface area contributed by atoms with Crippen LogP contribution in [0.5, 0.6) is 0 Å². The monoisotopic (exact) mass is 241 g/mol. The van der Waals surface area contributed by atoms with Crippen molar-refractivity contribution < 1.29 is 0 Å². The fourth-order valence-electron chi connectivity index (χ4n) is 1.87. The Balaban J connectivity index is 0.000000509. The number of aromatic nitrogens is 1.